The zero-order chi connectivity index (χ0) is 26.2. The lowest BCUT2D eigenvalue weighted by molar-refractivity contribution is -0.125. The second-order valence-electron chi connectivity index (χ2n) is 9.49. The van der Waals surface area contributed by atoms with Gasteiger partial charge in [-0.1, -0.05) is 36.5 Å². The standard InChI is InChI=1S/C26H27N7O4S/c1-2-20(34)32-11-9-15(14-32)30-24(35)23-22-21-17(8-10-27-25(21)38-23)33(26(36)31-22)18-12-29-19(13-28-18)37-16-6-4-3-5-7-16/h2-7,12-13,15,17,21,25,27H,1,8-11,14H2,(H,30,35)(H,31,36)/t15-,17?,21?,25?/m1/s1. The second-order valence-corrected chi connectivity index (χ2v) is 10.6. The summed E-state index contributed by atoms with van der Waals surface area (Å²) in [6, 6.07) is 8.62. The topological polar surface area (TPSA) is 129 Å². The number of nitrogens with one attached hydrogen (secondary N) is 3. The Morgan fingerprint density at radius 3 is 2.79 bits per heavy atom. The molecule has 3 fully saturated rings. The van der Waals surface area contributed by atoms with Crippen molar-refractivity contribution in [2.24, 2.45) is 5.92 Å². The maximum Gasteiger partial charge on any atom is 0.327 e. The number of aromatic nitrogens is 2. The van der Waals surface area contributed by atoms with Crippen LogP contribution in [0.15, 0.2) is 66.0 Å². The molecule has 3 saturated heterocycles. The van der Waals surface area contributed by atoms with Gasteiger partial charge in [0.1, 0.15) is 5.75 Å². The SMILES string of the molecule is C=CC(=O)N1CC[C@@H](NC(=O)C2=C3NC(=O)N(c4cnc(Oc5ccccc5)cn4)C4CCNC(S2)C34)C1. The smallest absolute Gasteiger partial charge is 0.327 e. The van der Waals surface area contributed by atoms with Gasteiger partial charge in [0.25, 0.3) is 5.91 Å². The van der Waals surface area contributed by atoms with Gasteiger partial charge in [-0.3, -0.25) is 14.5 Å². The normalized spacial score (nSPS) is 26.1. The van der Waals surface area contributed by atoms with Crippen LogP contribution in [0.1, 0.15) is 12.8 Å². The van der Waals surface area contributed by atoms with E-state index in [2.05, 4.69) is 32.5 Å². The molecule has 3 N–H and O–H groups in total. The zero-order valence-electron chi connectivity index (χ0n) is 20.5. The van der Waals surface area contributed by atoms with Crippen molar-refractivity contribution in [3.8, 4) is 11.6 Å². The fourth-order valence-electron chi connectivity index (χ4n) is 5.44. The van der Waals surface area contributed by atoms with Crippen molar-refractivity contribution in [2.45, 2.75) is 30.3 Å². The maximum atomic E-state index is 13.3. The Morgan fingerprint density at radius 2 is 2.03 bits per heavy atom. The van der Waals surface area contributed by atoms with Crippen LogP contribution in [0, 0.1) is 5.92 Å². The first-order chi connectivity index (χ1) is 18.5. The molecule has 0 radical (unpaired) electrons. The Labute approximate surface area is 223 Å². The Hall–Kier alpha value is -3.90. The summed E-state index contributed by atoms with van der Waals surface area (Å²) in [4.78, 5) is 51.2. The highest BCUT2D eigenvalue weighted by atomic mass is 32.2. The number of para-hydroxylation sites is 1. The van der Waals surface area contributed by atoms with Gasteiger partial charge in [-0.05, 0) is 37.6 Å². The van der Waals surface area contributed by atoms with Crippen molar-refractivity contribution in [3.63, 3.8) is 0 Å². The van der Waals surface area contributed by atoms with Crippen LogP contribution >= 0.6 is 11.8 Å². The van der Waals surface area contributed by atoms with Crippen molar-refractivity contribution in [1.82, 2.24) is 30.8 Å². The number of ether oxygens (including phenoxy) is 1. The molecule has 0 spiro atoms. The molecule has 11 nitrogen and oxygen atoms in total. The number of nitrogens with zero attached hydrogens (tertiary/aromatic N) is 4. The molecule has 38 heavy (non-hydrogen) atoms. The van der Waals surface area contributed by atoms with Crippen molar-refractivity contribution in [2.75, 3.05) is 24.5 Å². The average Bonchev–Trinajstić information content (AvgIpc) is 3.55. The summed E-state index contributed by atoms with van der Waals surface area (Å²) in [7, 11) is 0. The van der Waals surface area contributed by atoms with E-state index < -0.39 is 0 Å². The van der Waals surface area contributed by atoms with E-state index in [1.165, 1.54) is 30.2 Å². The number of carbonyl (C=O) groups is 3. The van der Waals surface area contributed by atoms with Gasteiger partial charge in [0.15, 0.2) is 5.82 Å². The molecule has 0 aliphatic carbocycles. The number of anilines is 1. The van der Waals surface area contributed by atoms with Crippen molar-refractivity contribution in [3.05, 3.63) is 66.0 Å². The molecular weight excluding hydrogens is 506 g/mol. The Balaban J connectivity index is 1.19. The fraction of sp³-hybridized carbons (Fsp3) is 0.346. The quantitative estimate of drug-likeness (QED) is 0.481. The Bertz CT molecular complexity index is 1300. The third-order valence-electron chi connectivity index (χ3n) is 7.18. The van der Waals surface area contributed by atoms with Gasteiger partial charge in [-0.25, -0.2) is 14.8 Å². The van der Waals surface area contributed by atoms with Crippen LogP contribution in [0.3, 0.4) is 0 Å². The predicted molar refractivity (Wildman–Crippen MR) is 141 cm³/mol. The van der Waals surface area contributed by atoms with E-state index in [1.54, 1.807) is 9.80 Å². The van der Waals surface area contributed by atoms with E-state index in [4.69, 9.17) is 4.74 Å². The van der Waals surface area contributed by atoms with Crippen LogP contribution in [-0.4, -0.2) is 69.8 Å². The summed E-state index contributed by atoms with van der Waals surface area (Å²) >= 11 is 1.44. The van der Waals surface area contributed by atoms with Crippen molar-refractivity contribution in [1.29, 1.82) is 0 Å². The summed E-state index contributed by atoms with van der Waals surface area (Å²) in [5.41, 5.74) is 0.643. The molecule has 2 aromatic rings. The molecule has 4 atom stereocenters. The van der Waals surface area contributed by atoms with Gasteiger partial charge >= 0.3 is 6.03 Å². The highest BCUT2D eigenvalue weighted by molar-refractivity contribution is 8.04. The van der Waals surface area contributed by atoms with E-state index in [0.717, 1.165) is 0 Å². The third kappa shape index (κ3) is 4.50. The minimum atomic E-state index is -0.343. The number of hydrogen-bond donors (Lipinski definition) is 3. The number of rotatable bonds is 6. The van der Waals surface area contributed by atoms with Crippen LogP contribution in [0.2, 0.25) is 0 Å². The molecular formula is C26H27N7O4S. The largest absolute Gasteiger partial charge is 0.438 e. The molecule has 4 amide bonds. The molecule has 5 heterocycles. The van der Waals surface area contributed by atoms with Gasteiger partial charge in [-0.2, -0.15) is 0 Å². The van der Waals surface area contributed by atoms with Crippen LogP contribution < -0.4 is 25.6 Å². The highest BCUT2D eigenvalue weighted by Gasteiger charge is 2.52. The summed E-state index contributed by atoms with van der Waals surface area (Å²) in [6.07, 6.45) is 5.71. The first kappa shape index (κ1) is 24.4. The summed E-state index contributed by atoms with van der Waals surface area (Å²) in [5.74, 6) is 0.933. The van der Waals surface area contributed by atoms with Crippen LogP contribution in [0.25, 0.3) is 0 Å². The third-order valence-corrected chi connectivity index (χ3v) is 8.54. The zero-order valence-corrected chi connectivity index (χ0v) is 21.3. The Morgan fingerprint density at radius 1 is 1.18 bits per heavy atom. The molecule has 1 aromatic heterocycles. The van der Waals surface area contributed by atoms with Crippen LogP contribution in [0.5, 0.6) is 11.6 Å². The molecule has 4 aliphatic heterocycles. The van der Waals surface area contributed by atoms with Gasteiger partial charge in [0, 0.05) is 30.7 Å². The number of benzene rings is 1. The number of hydrogen-bond acceptors (Lipinski definition) is 8. The minimum absolute atomic E-state index is 0.0522. The van der Waals surface area contributed by atoms with Crippen LogP contribution in [-0.2, 0) is 9.59 Å². The Kier molecular flexibility index (Phi) is 6.50. The van der Waals surface area contributed by atoms with E-state index >= 15 is 0 Å². The second kappa shape index (κ2) is 10.1. The summed E-state index contributed by atoms with van der Waals surface area (Å²) < 4.78 is 5.73. The van der Waals surface area contributed by atoms with Gasteiger partial charge in [0.2, 0.25) is 11.8 Å². The highest BCUT2D eigenvalue weighted by Crippen LogP contribution is 2.47. The number of amides is 4. The van der Waals surface area contributed by atoms with Crippen molar-refractivity contribution < 1.29 is 19.1 Å². The summed E-state index contributed by atoms with van der Waals surface area (Å²) in [6.45, 7) is 5.25. The lowest BCUT2D eigenvalue weighted by Crippen LogP contribution is -2.62. The molecule has 6 rings (SSSR count). The summed E-state index contributed by atoms with van der Waals surface area (Å²) in [5, 5.41) is 9.45. The predicted octanol–water partition coefficient (Wildman–Crippen LogP) is 1.96. The molecule has 0 bridgehead atoms. The lowest BCUT2D eigenvalue weighted by Gasteiger charge is -2.45. The lowest BCUT2D eigenvalue weighted by atomic mass is 9.87. The number of urea groups is 1. The van der Waals surface area contributed by atoms with Gasteiger partial charge in [-0.15, -0.1) is 0 Å². The van der Waals surface area contributed by atoms with E-state index in [-0.39, 0.29) is 41.2 Å². The van der Waals surface area contributed by atoms with Gasteiger partial charge in [0.05, 0.1) is 28.7 Å². The molecule has 3 unspecified atom stereocenters. The molecule has 196 valence electrons. The molecule has 4 aliphatic rings. The van der Waals surface area contributed by atoms with E-state index in [0.29, 0.717) is 60.5 Å². The maximum absolute atomic E-state index is 13.3. The van der Waals surface area contributed by atoms with E-state index in [9.17, 15) is 14.4 Å². The number of carbonyl (C=O) groups excluding carboxylic acids is 3. The number of thioether (sulfide) groups is 1. The average molecular weight is 534 g/mol. The molecule has 12 heteroatoms. The molecule has 0 saturated carbocycles. The monoisotopic (exact) mass is 533 g/mol. The fourth-order valence-corrected chi connectivity index (χ4v) is 6.84. The van der Waals surface area contributed by atoms with E-state index in [1.807, 2.05) is 30.3 Å². The molecule has 1 aromatic carbocycles. The number of piperidine rings is 1. The number of likely N-dealkylation sites (tertiary alicyclic amines) is 1. The minimum Gasteiger partial charge on any atom is -0.438 e. The first-order valence-electron chi connectivity index (χ1n) is 12.5. The van der Waals surface area contributed by atoms with Crippen molar-refractivity contribution >= 4 is 35.4 Å². The van der Waals surface area contributed by atoms with Gasteiger partial charge < -0.3 is 25.6 Å². The first-order valence-corrected chi connectivity index (χ1v) is 13.4. The van der Waals surface area contributed by atoms with Crippen LogP contribution in [0.4, 0.5) is 10.6 Å².